The van der Waals surface area contributed by atoms with Gasteiger partial charge < -0.3 is 10.2 Å². The molecule has 0 bridgehead atoms. The van der Waals surface area contributed by atoms with Gasteiger partial charge in [0.15, 0.2) is 0 Å². The molecule has 1 aromatic rings. The summed E-state index contributed by atoms with van der Waals surface area (Å²) in [6.45, 7) is 20.0. The molecule has 0 fully saturated rings. The van der Waals surface area contributed by atoms with E-state index in [4.69, 9.17) is 0 Å². The highest BCUT2D eigenvalue weighted by atomic mass is 32.2. The summed E-state index contributed by atoms with van der Waals surface area (Å²) in [5, 5.41) is 19.3. The van der Waals surface area contributed by atoms with Crippen LogP contribution in [0.3, 0.4) is 0 Å². The molecule has 2 aliphatic rings. The second-order valence-corrected chi connectivity index (χ2v) is 15.4. The van der Waals surface area contributed by atoms with Crippen LogP contribution in [0.1, 0.15) is 112 Å². The molecule has 39 heavy (non-hydrogen) atoms. The summed E-state index contributed by atoms with van der Waals surface area (Å²) >= 11 is 3.86. The SMILES string of the molecule is CC.CC1C=C(CCCC(C)(C)CO)SC(c2ccccc2C2=CC(C)(C)C=C(CCCC(C)(C)CO)S2)=C1. The number of allylic oxidation sites excluding steroid dienone is 6. The molecule has 0 saturated heterocycles. The molecule has 1 atom stereocenters. The monoisotopic (exact) mass is 570 g/mol. The fourth-order valence-corrected chi connectivity index (χ4v) is 7.80. The lowest BCUT2D eigenvalue weighted by atomic mass is 9.87. The molecule has 2 N–H and O–H groups in total. The van der Waals surface area contributed by atoms with E-state index in [1.54, 1.807) is 0 Å². The van der Waals surface area contributed by atoms with Crippen molar-refractivity contribution in [3.05, 3.63) is 69.5 Å². The van der Waals surface area contributed by atoms with Crippen molar-refractivity contribution in [3.63, 3.8) is 0 Å². The lowest BCUT2D eigenvalue weighted by molar-refractivity contribution is 0.148. The third kappa shape index (κ3) is 10.9. The van der Waals surface area contributed by atoms with Crippen molar-refractivity contribution < 1.29 is 10.2 Å². The molecule has 1 unspecified atom stereocenters. The summed E-state index contributed by atoms with van der Waals surface area (Å²) in [6, 6.07) is 8.91. The molecule has 1 aromatic carbocycles. The number of hydrogen-bond donors (Lipinski definition) is 2. The third-order valence-corrected chi connectivity index (χ3v) is 9.57. The lowest BCUT2D eigenvalue weighted by Gasteiger charge is -2.29. The van der Waals surface area contributed by atoms with Crippen LogP contribution in [0.4, 0.5) is 0 Å². The zero-order chi connectivity index (χ0) is 29.3. The first-order valence-electron chi connectivity index (χ1n) is 14.9. The Kier molecular flexibility index (Phi) is 13.2. The van der Waals surface area contributed by atoms with Crippen LogP contribution < -0.4 is 0 Å². The van der Waals surface area contributed by atoms with Gasteiger partial charge in [0.1, 0.15) is 0 Å². The number of benzene rings is 1. The van der Waals surface area contributed by atoms with Crippen LogP contribution in [0, 0.1) is 22.2 Å². The van der Waals surface area contributed by atoms with E-state index in [0.717, 1.165) is 38.5 Å². The predicted octanol–water partition coefficient (Wildman–Crippen LogP) is 10.7. The van der Waals surface area contributed by atoms with Gasteiger partial charge in [0.25, 0.3) is 0 Å². The maximum Gasteiger partial charge on any atom is 0.0482 e. The maximum atomic E-state index is 9.64. The molecule has 2 aliphatic heterocycles. The number of aliphatic hydroxyl groups is 2. The van der Waals surface area contributed by atoms with Crippen molar-refractivity contribution in [2.24, 2.45) is 22.2 Å². The lowest BCUT2D eigenvalue weighted by Crippen LogP contribution is -2.16. The first-order valence-corrected chi connectivity index (χ1v) is 16.5. The molecule has 4 heteroatoms. The largest absolute Gasteiger partial charge is 0.396 e. The minimum atomic E-state index is -0.0128. The first-order chi connectivity index (χ1) is 18.3. The van der Waals surface area contributed by atoms with Gasteiger partial charge in [-0.15, -0.1) is 0 Å². The van der Waals surface area contributed by atoms with Gasteiger partial charge in [-0.1, -0.05) is 134 Å². The Hall–Kier alpha value is -1.20. The van der Waals surface area contributed by atoms with Crippen molar-refractivity contribution in [2.45, 2.75) is 101 Å². The summed E-state index contributed by atoms with van der Waals surface area (Å²) in [6.07, 6.45) is 16.1. The minimum Gasteiger partial charge on any atom is -0.396 e. The van der Waals surface area contributed by atoms with Crippen LogP contribution in [-0.4, -0.2) is 23.4 Å². The quantitative estimate of drug-likeness (QED) is 0.262. The Morgan fingerprint density at radius 3 is 1.77 bits per heavy atom. The molecule has 0 saturated carbocycles. The average Bonchev–Trinajstić information content (AvgIpc) is 2.88. The third-order valence-electron chi connectivity index (χ3n) is 7.25. The van der Waals surface area contributed by atoms with Gasteiger partial charge in [-0.25, -0.2) is 0 Å². The summed E-state index contributed by atoms with van der Waals surface area (Å²) in [5.41, 5.74) is 2.66. The summed E-state index contributed by atoms with van der Waals surface area (Å²) < 4.78 is 0. The van der Waals surface area contributed by atoms with Crippen molar-refractivity contribution in [2.75, 3.05) is 13.2 Å². The van der Waals surface area contributed by atoms with Crippen LogP contribution in [0.25, 0.3) is 9.81 Å². The van der Waals surface area contributed by atoms with Crippen LogP contribution >= 0.6 is 23.5 Å². The summed E-state index contributed by atoms with van der Waals surface area (Å²) in [4.78, 5) is 5.61. The molecule has 3 rings (SSSR count). The van der Waals surface area contributed by atoms with Crippen LogP contribution in [-0.2, 0) is 0 Å². The summed E-state index contributed by atoms with van der Waals surface area (Å²) in [5.74, 6) is 0.417. The van der Waals surface area contributed by atoms with E-state index in [2.05, 4.69) is 97.0 Å². The second-order valence-electron chi connectivity index (χ2n) is 13.1. The molecule has 0 radical (unpaired) electrons. The van der Waals surface area contributed by atoms with E-state index in [-0.39, 0.29) is 29.5 Å². The second kappa shape index (κ2) is 15.1. The maximum absolute atomic E-state index is 9.64. The van der Waals surface area contributed by atoms with E-state index in [9.17, 15) is 10.2 Å². The zero-order valence-electron chi connectivity index (χ0n) is 26.1. The van der Waals surface area contributed by atoms with Gasteiger partial charge in [0, 0.05) is 28.4 Å². The molecular weight excluding hydrogens is 517 g/mol. The number of thioether (sulfide) groups is 2. The standard InChI is InChI=1S/C33H48O2S2.C2H6/c1-24-18-25(12-10-16-31(2,3)22-34)36-29(19-24)27-14-8-9-15-28(27)30-21-33(6,7)20-26(37-30)13-11-17-32(4,5)23-35;1-2/h8-9,14-15,18-21,24,34-35H,10-13,16-17,22-23H2,1-7H3;1-2H3. The van der Waals surface area contributed by atoms with E-state index in [0.29, 0.717) is 5.92 Å². The Bertz CT molecular complexity index is 1060. The molecule has 2 nitrogen and oxygen atoms in total. The predicted molar refractivity (Wildman–Crippen MR) is 177 cm³/mol. The Balaban J connectivity index is 0.00000260. The van der Waals surface area contributed by atoms with Gasteiger partial charge in [0.05, 0.1) is 0 Å². The van der Waals surface area contributed by atoms with Gasteiger partial charge in [-0.3, -0.25) is 0 Å². The fourth-order valence-electron chi connectivity index (χ4n) is 4.87. The molecular formula is C35H54O2S2. The first kappa shape index (κ1) is 34.0. The van der Waals surface area contributed by atoms with Crippen molar-refractivity contribution in [1.82, 2.24) is 0 Å². The molecule has 0 amide bonds. The zero-order valence-corrected chi connectivity index (χ0v) is 27.7. The highest BCUT2D eigenvalue weighted by Crippen LogP contribution is 2.49. The van der Waals surface area contributed by atoms with Crippen LogP contribution in [0.15, 0.2) is 58.4 Å². The van der Waals surface area contributed by atoms with Gasteiger partial charge in [-0.2, -0.15) is 0 Å². The van der Waals surface area contributed by atoms with Gasteiger partial charge in [0.2, 0.25) is 0 Å². The Labute approximate surface area is 248 Å². The number of rotatable bonds is 12. The highest BCUT2D eigenvalue weighted by molar-refractivity contribution is 8.12. The fraction of sp³-hybridized carbons (Fsp3) is 0.600. The molecule has 0 spiro atoms. The molecule has 2 heterocycles. The van der Waals surface area contributed by atoms with E-state index in [1.165, 1.54) is 30.7 Å². The minimum absolute atomic E-state index is 0.00661. The van der Waals surface area contributed by atoms with E-state index in [1.807, 2.05) is 37.4 Å². The smallest absolute Gasteiger partial charge is 0.0482 e. The normalized spacial score (nSPS) is 19.3. The topological polar surface area (TPSA) is 40.5 Å². The van der Waals surface area contributed by atoms with E-state index >= 15 is 0 Å². The van der Waals surface area contributed by atoms with Crippen molar-refractivity contribution in [1.29, 1.82) is 0 Å². The van der Waals surface area contributed by atoms with Gasteiger partial charge in [-0.05, 0) is 76.2 Å². The Morgan fingerprint density at radius 2 is 1.23 bits per heavy atom. The van der Waals surface area contributed by atoms with Crippen LogP contribution in [0.2, 0.25) is 0 Å². The van der Waals surface area contributed by atoms with Crippen molar-refractivity contribution in [3.8, 4) is 0 Å². The van der Waals surface area contributed by atoms with Crippen LogP contribution in [0.5, 0.6) is 0 Å². The summed E-state index contributed by atoms with van der Waals surface area (Å²) in [7, 11) is 0. The van der Waals surface area contributed by atoms with Gasteiger partial charge >= 0.3 is 0 Å². The molecule has 0 aromatic heterocycles. The van der Waals surface area contributed by atoms with E-state index < -0.39 is 0 Å². The molecule has 218 valence electrons. The average molecular weight is 571 g/mol. The molecule has 0 aliphatic carbocycles. The number of hydrogen-bond acceptors (Lipinski definition) is 4. The highest BCUT2D eigenvalue weighted by Gasteiger charge is 2.26. The Morgan fingerprint density at radius 1 is 0.744 bits per heavy atom. The van der Waals surface area contributed by atoms with Crippen molar-refractivity contribution >= 4 is 33.3 Å². The number of aliphatic hydroxyl groups excluding tert-OH is 2.